The molecule has 0 saturated heterocycles. The van der Waals surface area contributed by atoms with Crippen molar-refractivity contribution >= 4 is 5.82 Å². The first-order chi connectivity index (χ1) is 8.72. The van der Waals surface area contributed by atoms with Crippen molar-refractivity contribution in [3.63, 3.8) is 0 Å². The molecule has 0 unspecified atom stereocenters. The van der Waals surface area contributed by atoms with Crippen LogP contribution in [0.1, 0.15) is 45.1 Å². The summed E-state index contributed by atoms with van der Waals surface area (Å²) in [5.74, 6) is 1.32. The van der Waals surface area contributed by atoms with Gasteiger partial charge in [-0.2, -0.15) is 10.4 Å². The van der Waals surface area contributed by atoms with Gasteiger partial charge in [0, 0.05) is 12.6 Å². The average molecular weight is 244 g/mol. The summed E-state index contributed by atoms with van der Waals surface area (Å²) >= 11 is 0. The van der Waals surface area contributed by atoms with Crippen LogP contribution in [0.5, 0.6) is 0 Å². The van der Waals surface area contributed by atoms with Crippen molar-refractivity contribution in [1.82, 2.24) is 10.2 Å². The smallest absolute Gasteiger partial charge is 0.169 e. The van der Waals surface area contributed by atoms with Crippen molar-refractivity contribution in [3.8, 4) is 6.07 Å². The molecule has 4 heteroatoms. The first kappa shape index (κ1) is 12.8. The molecule has 0 N–H and O–H groups in total. The summed E-state index contributed by atoms with van der Waals surface area (Å²) in [5.41, 5.74) is 0.637. The molecule has 0 atom stereocenters. The fourth-order valence-corrected chi connectivity index (χ4v) is 2.64. The molecule has 1 saturated carbocycles. The summed E-state index contributed by atoms with van der Waals surface area (Å²) in [5, 5.41) is 17.4. The standard InChI is InChI=1S/C14H20N4/c1-11(2)10-18(13-5-3-4-6-13)14-12(9-15)7-8-16-17-14/h7-8,11,13H,3-6,10H2,1-2H3. The van der Waals surface area contributed by atoms with Crippen molar-refractivity contribution in [2.45, 2.75) is 45.6 Å². The molecular weight excluding hydrogens is 224 g/mol. The quantitative estimate of drug-likeness (QED) is 0.817. The van der Waals surface area contributed by atoms with Gasteiger partial charge in [-0.1, -0.05) is 26.7 Å². The zero-order valence-corrected chi connectivity index (χ0v) is 11.1. The lowest BCUT2D eigenvalue weighted by Crippen LogP contribution is -2.37. The average Bonchev–Trinajstić information content (AvgIpc) is 2.89. The zero-order valence-electron chi connectivity index (χ0n) is 11.1. The molecule has 0 aromatic carbocycles. The van der Waals surface area contributed by atoms with E-state index in [1.54, 1.807) is 12.3 Å². The van der Waals surface area contributed by atoms with E-state index in [4.69, 9.17) is 0 Å². The fourth-order valence-electron chi connectivity index (χ4n) is 2.64. The van der Waals surface area contributed by atoms with Crippen LogP contribution in [0.25, 0.3) is 0 Å². The maximum atomic E-state index is 9.20. The van der Waals surface area contributed by atoms with Crippen molar-refractivity contribution in [2.24, 2.45) is 5.92 Å². The Hall–Kier alpha value is -1.63. The fraction of sp³-hybridized carbons (Fsp3) is 0.643. The van der Waals surface area contributed by atoms with Crippen molar-refractivity contribution in [1.29, 1.82) is 5.26 Å². The highest BCUT2D eigenvalue weighted by Crippen LogP contribution is 2.29. The van der Waals surface area contributed by atoms with Crippen LogP contribution in [-0.4, -0.2) is 22.8 Å². The van der Waals surface area contributed by atoms with Gasteiger partial charge in [0.15, 0.2) is 5.82 Å². The second-order valence-electron chi connectivity index (χ2n) is 5.36. The number of aromatic nitrogens is 2. The lowest BCUT2D eigenvalue weighted by molar-refractivity contribution is 0.528. The number of hydrogen-bond donors (Lipinski definition) is 0. The Labute approximate surface area is 109 Å². The molecule has 1 aliphatic carbocycles. The summed E-state index contributed by atoms with van der Waals surface area (Å²) in [6.07, 6.45) is 6.55. The van der Waals surface area contributed by atoms with Crippen LogP contribution in [0.4, 0.5) is 5.82 Å². The molecule has 1 heterocycles. The third-order valence-corrected chi connectivity index (χ3v) is 3.42. The van der Waals surface area contributed by atoms with E-state index in [0.717, 1.165) is 12.4 Å². The van der Waals surface area contributed by atoms with Crippen molar-refractivity contribution in [3.05, 3.63) is 17.8 Å². The molecule has 18 heavy (non-hydrogen) atoms. The van der Waals surface area contributed by atoms with E-state index >= 15 is 0 Å². The highest BCUT2D eigenvalue weighted by Gasteiger charge is 2.26. The minimum absolute atomic E-state index is 0.524. The first-order valence-electron chi connectivity index (χ1n) is 6.70. The molecule has 0 aliphatic heterocycles. The Kier molecular flexibility index (Phi) is 4.14. The van der Waals surface area contributed by atoms with E-state index in [1.807, 2.05) is 0 Å². The molecule has 2 rings (SSSR count). The van der Waals surface area contributed by atoms with Gasteiger partial charge >= 0.3 is 0 Å². The summed E-state index contributed by atoms with van der Waals surface area (Å²) in [6, 6.07) is 4.51. The van der Waals surface area contributed by atoms with Gasteiger partial charge in [-0.25, -0.2) is 0 Å². The molecule has 4 nitrogen and oxygen atoms in total. The van der Waals surface area contributed by atoms with Crippen LogP contribution in [-0.2, 0) is 0 Å². The van der Waals surface area contributed by atoms with E-state index < -0.39 is 0 Å². The summed E-state index contributed by atoms with van der Waals surface area (Å²) < 4.78 is 0. The second kappa shape index (κ2) is 5.81. The molecule has 1 fully saturated rings. The largest absolute Gasteiger partial charge is 0.351 e. The molecule has 0 amide bonds. The number of nitriles is 1. The van der Waals surface area contributed by atoms with E-state index in [-0.39, 0.29) is 0 Å². The minimum atomic E-state index is 0.524. The Morgan fingerprint density at radius 1 is 1.44 bits per heavy atom. The Balaban J connectivity index is 2.30. The monoisotopic (exact) mass is 244 g/mol. The van der Waals surface area contributed by atoms with Gasteiger partial charge < -0.3 is 4.90 Å². The molecule has 1 aromatic rings. The third-order valence-electron chi connectivity index (χ3n) is 3.42. The normalized spacial score (nSPS) is 15.9. The van der Waals surface area contributed by atoms with Crippen molar-refractivity contribution in [2.75, 3.05) is 11.4 Å². The lowest BCUT2D eigenvalue weighted by Gasteiger charge is -2.31. The molecule has 0 spiro atoms. The minimum Gasteiger partial charge on any atom is -0.351 e. The Bertz CT molecular complexity index is 430. The van der Waals surface area contributed by atoms with Crippen LogP contribution in [0, 0.1) is 17.2 Å². The van der Waals surface area contributed by atoms with Gasteiger partial charge in [0.05, 0.1) is 11.8 Å². The van der Waals surface area contributed by atoms with E-state index in [2.05, 4.69) is 35.0 Å². The number of anilines is 1. The second-order valence-corrected chi connectivity index (χ2v) is 5.36. The highest BCUT2D eigenvalue weighted by molar-refractivity contribution is 5.53. The van der Waals surface area contributed by atoms with E-state index in [1.165, 1.54) is 25.7 Å². The maximum Gasteiger partial charge on any atom is 0.169 e. The van der Waals surface area contributed by atoms with Gasteiger partial charge in [0.2, 0.25) is 0 Å². The molecular formula is C14H20N4. The summed E-state index contributed by atoms with van der Waals surface area (Å²) in [7, 11) is 0. The predicted molar refractivity (Wildman–Crippen MR) is 71.2 cm³/mol. The van der Waals surface area contributed by atoms with Crippen LogP contribution in [0.3, 0.4) is 0 Å². The predicted octanol–water partition coefficient (Wildman–Crippen LogP) is 2.75. The van der Waals surface area contributed by atoms with Gasteiger partial charge in [0.25, 0.3) is 0 Å². The topological polar surface area (TPSA) is 52.8 Å². The number of rotatable bonds is 4. The Morgan fingerprint density at radius 3 is 2.78 bits per heavy atom. The van der Waals surface area contributed by atoms with E-state index in [9.17, 15) is 5.26 Å². The van der Waals surface area contributed by atoms with Gasteiger partial charge in [-0.15, -0.1) is 5.10 Å². The lowest BCUT2D eigenvalue weighted by atomic mass is 10.1. The van der Waals surface area contributed by atoms with Gasteiger partial charge in [0.1, 0.15) is 6.07 Å². The third kappa shape index (κ3) is 2.79. The summed E-state index contributed by atoms with van der Waals surface area (Å²) in [6.45, 7) is 5.34. The molecule has 0 bridgehead atoms. The molecule has 1 aliphatic rings. The van der Waals surface area contributed by atoms with Gasteiger partial charge in [-0.05, 0) is 24.8 Å². The molecule has 96 valence electrons. The van der Waals surface area contributed by atoms with Crippen LogP contribution >= 0.6 is 0 Å². The highest BCUT2D eigenvalue weighted by atomic mass is 15.3. The maximum absolute atomic E-state index is 9.20. The van der Waals surface area contributed by atoms with Crippen molar-refractivity contribution < 1.29 is 0 Å². The summed E-state index contributed by atoms with van der Waals surface area (Å²) in [4.78, 5) is 2.29. The van der Waals surface area contributed by atoms with Crippen LogP contribution < -0.4 is 4.90 Å². The van der Waals surface area contributed by atoms with Crippen LogP contribution in [0.2, 0.25) is 0 Å². The first-order valence-corrected chi connectivity index (χ1v) is 6.70. The number of hydrogen-bond acceptors (Lipinski definition) is 4. The Morgan fingerprint density at radius 2 is 2.17 bits per heavy atom. The number of nitrogens with zero attached hydrogens (tertiary/aromatic N) is 4. The molecule has 1 aromatic heterocycles. The van der Waals surface area contributed by atoms with Crippen LogP contribution in [0.15, 0.2) is 12.3 Å². The SMILES string of the molecule is CC(C)CN(c1nnccc1C#N)C1CCCC1. The molecule has 0 radical (unpaired) electrons. The zero-order chi connectivity index (χ0) is 13.0. The van der Waals surface area contributed by atoms with E-state index in [0.29, 0.717) is 17.5 Å². The van der Waals surface area contributed by atoms with Gasteiger partial charge in [-0.3, -0.25) is 0 Å².